The van der Waals surface area contributed by atoms with Crippen molar-refractivity contribution in [3.05, 3.63) is 29.8 Å². The lowest BCUT2D eigenvalue weighted by atomic mass is 9.96. The first-order chi connectivity index (χ1) is 22.2. The Labute approximate surface area is 279 Å². The Morgan fingerprint density at radius 1 is 0.830 bits per heavy atom. The summed E-state index contributed by atoms with van der Waals surface area (Å²) in [6, 6.07) is -2.17. The average Bonchev–Trinajstić information content (AvgIpc) is 3.02. The summed E-state index contributed by atoms with van der Waals surface area (Å²) < 4.78 is 0. The van der Waals surface area contributed by atoms with Crippen molar-refractivity contribution in [1.29, 1.82) is 0 Å². The van der Waals surface area contributed by atoms with Gasteiger partial charge in [0.25, 0.3) is 0 Å². The van der Waals surface area contributed by atoms with E-state index in [4.69, 9.17) is 17.2 Å². The molecule has 0 saturated carbocycles. The van der Waals surface area contributed by atoms with E-state index in [0.717, 1.165) is 21.6 Å². The third-order valence-corrected chi connectivity index (χ3v) is 9.67. The quantitative estimate of drug-likeness (QED) is 0.118. The number of hydrogen-bond acceptors (Lipinski definition) is 12. The summed E-state index contributed by atoms with van der Waals surface area (Å²) in [4.78, 5) is 90.0. The van der Waals surface area contributed by atoms with Gasteiger partial charge in [0, 0.05) is 17.9 Å². The van der Waals surface area contributed by atoms with Gasteiger partial charge in [-0.05, 0) is 23.6 Å². The molecule has 260 valence electrons. The van der Waals surface area contributed by atoms with Crippen LogP contribution in [0.1, 0.15) is 32.3 Å². The Balaban J connectivity index is 2.48. The molecule has 0 unspecified atom stereocenters. The Morgan fingerprint density at radius 3 is 1.96 bits per heavy atom. The van der Waals surface area contributed by atoms with Gasteiger partial charge in [-0.3, -0.25) is 33.6 Å². The predicted molar refractivity (Wildman–Crippen MR) is 174 cm³/mol. The van der Waals surface area contributed by atoms with E-state index in [-0.39, 0.29) is 23.7 Å². The van der Waals surface area contributed by atoms with Crippen LogP contribution in [0, 0.1) is 5.92 Å². The maximum absolute atomic E-state index is 13.6. The van der Waals surface area contributed by atoms with Gasteiger partial charge in [0.15, 0.2) is 0 Å². The summed E-state index contributed by atoms with van der Waals surface area (Å²) in [6.07, 6.45) is -0.329. The summed E-state index contributed by atoms with van der Waals surface area (Å²) in [5, 5.41) is 31.8. The number of carbonyl (C=O) groups is 7. The number of phenols is 1. The number of aromatic hydroxyl groups is 1. The third-order valence-electron chi connectivity index (χ3n) is 7.22. The summed E-state index contributed by atoms with van der Waals surface area (Å²) in [5.74, 6) is -6.82. The smallest absolute Gasteiger partial charge is 0.245 e. The van der Waals surface area contributed by atoms with E-state index < -0.39 is 96.5 Å². The molecule has 17 nitrogen and oxygen atoms in total. The lowest BCUT2D eigenvalue weighted by Crippen LogP contribution is -2.61. The minimum absolute atomic E-state index is 0.00920. The van der Waals surface area contributed by atoms with E-state index in [1.54, 1.807) is 26.0 Å². The van der Waals surface area contributed by atoms with Gasteiger partial charge in [0.2, 0.25) is 41.4 Å². The molecule has 1 aromatic carbocycles. The Morgan fingerprint density at radius 2 is 1.38 bits per heavy atom. The summed E-state index contributed by atoms with van der Waals surface area (Å²) in [6.45, 7) is 2.49. The molecule has 0 spiro atoms. The maximum atomic E-state index is 13.6. The van der Waals surface area contributed by atoms with E-state index in [1.165, 1.54) is 12.1 Å². The highest BCUT2D eigenvalue weighted by Crippen LogP contribution is 2.23. The van der Waals surface area contributed by atoms with Crippen LogP contribution < -0.4 is 43.8 Å². The standard InChI is InChI=1S/C28H42N8O9S2/c1-3-13(2)22-28(45)34-19(10-37)27(44)33-18(9-21(30)39)25(42)35-20(23(31)40)12-47-46-11-16(29)24(41)32-17(26(43)36-22)8-14-4-6-15(38)7-5-14/h4-7,13,16-20,22,37-38H,3,8-12,29H2,1-2H3,(H2,30,39)(H2,31,40)(H,32,41)(H,33,44)(H,34,45)(H,35,42)(H,36,43)/t13-,16-,17-,18-,19-,20-,22-/m0/s1. The van der Waals surface area contributed by atoms with Gasteiger partial charge in [-0.2, -0.15) is 0 Å². The van der Waals surface area contributed by atoms with Crippen LogP contribution in [0.3, 0.4) is 0 Å². The van der Waals surface area contributed by atoms with Crippen molar-refractivity contribution >= 4 is 62.9 Å². The van der Waals surface area contributed by atoms with E-state index in [1.807, 2.05) is 0 Å². The van der Waals surface area contributed by atoms with Crippen molar-refractivity contribution in [2.45, 2.75) is 69.4 Å². The number of rotatable bonds is 8. The molecule has 47 heavy (non-hydrogen) atoms. The molecule has 1 aromatic rings. The van der Waals surface area contributed by atoms with Gasteiger partial charge >= 0.3 is 0 Å². The van der Waals surface area contributed by atoms with Crippen molar-refractivity contribution in [3.63, 3.8) is 0 Å². The SMILES string of the molecule is CC[C@H](C)[C@@H]1NC(=O)[C@H](Cc2ccc(O)cc2)NC(=O)[C@@H](N)CSSC[C@@H](C(N)=O)NC(=O)[C@H](CC(N)=O)NC(=O)[C@H](CO)NC1=O. The van der Waals surface area contributed by atoms with E-state index in [9.17, 15) is 43.8 Å². The zero-order chi connectivity index (χ0) is 35.3. The van der Waals surface area contributed by atoms with Gasteiger partial charge in [0.05, 0.1) is 19.1 Å². The number of nitrogens with two attached hydrogens (primary N) is 3. The normalized spacial score (nSPS) is 26.4. The number of phenolic OH excluding ortho intramolecular Hbond substituents is 1. The molecule has 19 heteroatoms. The lowest BCUT2D eigenvalue weighted by Gasteiger charge is -2.29. The minimum Gasteiger partial charge on any atom is -0.508 e. The van der Waals surface area contributed by atoms with Crippen molar-refractivity contribution < 1.29 is 43.8 Å². The maximum Gasteiger partial charge on any atom is 0.245 e. The first-order valence-electron chi connectivity index (χ1n) is 14.6. The lowest BCUT2D eigenvalue weighted by molar-refractivity contribution is -0.136. The second-order valence-electron chi connectivity index (χ2n) is 10.9. The monoisotopic (exact) mass is 698 g/mol. The molecule has 1 aliphatic heterocycles. The molecule has 13 N–H and O–H groups in total. The second-order valence-corrected chi connectivity index (χ2v) is 13.5. The van der Waals surface area contributed by atoms with Crippen molar-refractivity contribution in [1.82, 2.24) is 26.6 Å². The molecule has 1 fully saturated rings. The van der Waals surface area contributed by atoms with Crippen LogP contribution in [0.4, 0.5) is 0 Å². The molecule has 7 amide bonds. The fourth-order valence-electron chi connectivity index (χ4n) is 4.23. The number of aliphatic hydroxyl groups is 1. The van der Waals surface area contributed by atoms with E-state index in [2.05, 4.69) is 26.6 Å². The van der Waals surface area contributed by atoms with Crippen LogP contribution in [0.25, 0.3) is 0 Å². The van der Waals surface area contributed by atoms with Gasteiger partial charge in [0.1, 0.15) is 36.0 Å². The minimum atomic E-state index is -1.64. The summed E-state index contributed by atoms with van der Waals surface area (Å²) >= 11 is 0. The van der Waals surface area contributed by atoms with E-state index in [0.29, 0.717) is 12.0 Å². The van der Waals surface area contributed by atoms with Crippen LogP contribution in [0.2, 0.25) is 0 Å². The summed E-state index contributed by atoms with van der Waals surface area (Å²) in [7, 11) is 2.14. The van der Waals surface area contributed by atoms with Crippen molar-refractivity contribution in [3.8, 4) is 5.75 Å². The molecule has 0 radical (unpaired) electrons. The zero-order valence-corrected chi connectivity index (χ0v) is 27.5. The Hall–Kier alpha value is -4.07. The van der Waals surface area contributed by atoms with Crippen LogP contribution in [0.5, 0.6) is 5.75 Å². The third kappa shape index (κ3) is 12.6. The molecule has 1 saturated heterocycles. The molecule has 0 aliphatic carbocycles. The average molecular weight is 699 g/mol. The number of carbonyl (C=O) groups excluding carboxylic acids is 7. The topological polar surface area (TPSA) is 298 Å². The van der Waals surface area contributed by atoms with Crippen LogP contribution >= 0.6 is 21.6 Å². The molecule has 1 aliphatic rings. The van der Waals surface area contributed by atoms with Gasteiger partial charge in [-0.1, -0.05) is 54.0 Å². The fraction of sp³-hybridized carbons (Fsp3) is 0.536. The van der Waals surface area contributed by atoms with E-state index >= 15 is 0 Å². The highest BCUT2D eigenvalue weighted by atomic mass is 33.1. The van der Waals surface area contributed by atoms with Crippen molar-refractivity contribution in [2.75, 3.05) is 18.1 Å². The fourth-order valence-corrected chi connectivity index (χ4v) is 6.53. The largest absolute Gasteiger partial charge is 0.508 e. The molecular formula is C28H42N8O9S2. The van der Waals surface area contributed by atoms with Gasteiger partial charge in [-0.25, -0.2) is 0 Å². The number of aliphatic hydroxyl groups excluding tert-OH is 1. The molecular weight excluding hydrogens is 656 g/mol. The molecule has 2 rings (SSSR count). The number of primary amides is 2. The van der Waals surface area contributed by atoms with Crippen LogP contribution in [-0.2, 0) is 40.0 Å². The number of benzene rings is 1. The number of amides is 7. The van der Waals surface area contributed by atoms with Crippen molar-refractivity contribution in [2.24, 2.45) is 23.1 Å². The molecule has 7 atom stereocenters. The first-order valence-corrected chi connectivity index (χ1v) is 17.1. The molecule has 0 bridgehead atoms. The first kappa shape index (κ1) is 39.1. The number of hydrogen-bond donors (Lipinski definition) is 10. The zero-order valence-electron chi connectivity index (χ0n) is 25.9. The Bertz CT molecular complexity index is 1300. The predicted octanol–water partition coefficient (Wildman–Crippen LogP) is -3.52. The highest BCUT2D eigenvalue weighted by Gasteiger charge is 2.35. The molecule has 0 aromatic heterocycles. The van der Waals surface area contributed by atoms with Crippen LogP contribution in [-0.4, -0.2) is 106 Å². The second kappa shape index (κ2) is 18.9. The van der Waals surface area contributed by atoms with Crippen LogP contribution in [0.15, 0.2) is 24.3 Å². The van der Waals surface area contributed by atoms with Gasteiger partial charge in [-0.15, -0.1) is 0 Å². The number of nitrogens with one attached hydrogen (secondary N) is 5. The molecule has 1 heterocycles. The van der Waals surface area contributed by atoms with Gasteiger partial charge < -0.3 is 54.0 Å². The summed E-state index contributed by atoms with van der Waals surface area (Å²) in [5.41, 5.74) is 17.4. The highest BCUT2D eigenvalue weighted by molar-refractivity contribution is 8.76. The Kier molecular flexibility index (Phi) is 15.7.